The van der Waals surface area contributed by atoms with Gasteiger partial charge in [0, 0.05) is 23.4 Å². The molecule has 0 saturated carbocycles. The number of nitrogens with one attached hydrogen (secondary N) is 1. The van der Waals surface area contributed by atoms with Gasteiger partial charge >= 0.3 is 0 Å². The van der Waals surface area contributed by atoms with E-state index in [1.807, 2.05) is 11.3 Å². The van der Waals surface area contributed by atoms with Crippen molar-refractivity contribution >= 4 is 11.3 Å². The highest BCUT2D eigenvalue weighted by molar-refractivity contribution is 7.10. The minimum Gasteiger partial charge on any atom is -0.378 e. The Bertz CT molecular complexity index is 286. The minimum absolute atomic E-state index is 0.435. The van der Waals surface area contributed by atoms with Gasteiger partial charge in [0.2, 0.25) is 0 Å². The summed E-state index contributed by atoms with van der Waals surface area (Å²) in [4.78, 5) is 1.44. The van der Waals surface area contributed by atoms with E-state index in [1.165, 1.54) is 11.3 Å². The summed E-state index contributed by atoms with van der Waals surface area (Å²) >= 11 is 1.84. The second-order valence-corrected chi connectivity index (χ2v) is 5.03. The van der Waals surface area contributed by atoms with Gasteiger partial charge in [-0.1, -0.05) is 13.0 Å². The Hall–Kier alpha value is -0.380. The fraction of sp³-hybridized carbons (Fsp3) is 0.667. The predicted octanol–water partition coefficient (Wildman–Crippen LogP) is 2.82. The first kappa shape index (κ1) is 11.1. The summed E-state index contributed by atoms with van der Waals surface area (Å²) in [5.74, 6) is 0.638. The summed E-state index contributed by atoms with van der Waals surface area (Å²) in [6, 6.07) is 4.82. The molecule has 3 atom stereocenters. The molecule has 1 saturated heterocycles. The number of hydrogen-bond acceptors (Lipinski definition) is 3. The average Bonchev–Trinajstić information content (AvgIpc) is 2.89. The Morgan fingerprint density at radius 3 is 3.13 bits per heavy atom. The van der Waals surface area contributed by atoms with E-state index >= 15 is 0 Å². The molecule has 84 valence electrons. The minimum atomic E-state index is 0.435. The van der Waals surface area contributed by atoms with E-state index in [-0.39, 0.29) is 0 Å². The van der Waals surface area contributed by atoms with Crippen LogP contribution in [-0.4, -0.2) is 19.8 Å². The second-order valence-electron chi connectivity index (χ2n) is 4.05. The molecule has 0 aromatic carbocycles. The van der Waals surface area contributed by atoms with Gasteiger partial charge in [0.05, 0.1) is 6.10 Å². The van der Waals surface area contributed by atoms with Crippen molar-refractivity contribution in [3.63, 3.8) is 0 Å². The lowest BCUT2D eigenvalue weighted by Gasteiger charge is -2.25. The van der Waals surface area contributed by atoms with Crippen molar-refractivity contribution in [2.24, 2.45) is 5.92 Å². The van der Waals surface area contributed by atoms with Gasteiger partial charge in [-0.2, -0.15) is 0 Å². The zero-order chi connectivity index (χ0) is 10.7. The van der Waals surface area contributed by atoms with E-state index in [9.17, 15) is 0 Å². The molecule has 2 rings (SSSR count). The smallest absolute Gasteiger partial charge is 0.0620 e. The molecule has 2 heterocycles. The van der Waals surface area contributed by atoms with Crippen LogP contribution >= 0.6 is 11.3 Å². The first-order valence-corrected chi connectivity index (χ1v) is 6.57. The summed E-state index contributed by atoms with van der Waals surface area (Å²) in [6.07, 6.45) is 2.74. The van der Waals surface area contributed by atoms with Gasteiger partial charge in [0.25, 0.3) is 0 Å². The quantitative estimate of drug-likeness (QED) is 0.851. The SMILES string of the molecule is CCC1OCCC1C(NC)c1cccs1. The van der Waals surface area contributed by atoms with Crippen LogP contribution in [0.2, 0.25) is 0 Å². The van der Waals surface area contributed by atoms with Crippen molar-refractivity contribution < 1.29 is 4.74 Å². The van der Waals surface area contributed by atoms with Gasteiger partial charge in [0.15, 0.2) is 0 Å². The Morgan fingerprint density at radius 1 is 1.67 bits per heavy atom. The first-order chi connectivity index (χ1) is 7.36. The van der Waals surface area contributed by atoms with Gasteiger partial charge in [-0.15, -0.1) is 11.3 Å². The largest absolute Gasteiger partial charge is 0.378 e. The summed E-state index contributed by atoms with van der Waals surface area (Å²) in [5, 5.41) is 5.59. The van der Waals surface area contributed by atoms with Crippen molar-refractivity contribution in [3.8, 4) is 0 Å². The van der Waals surface area contributed by atoms with Crippen molar-refractivity contribution in [2.45, 2.75) is 31.9 Å². The lowest BCUT2D eigenvalue weighted by molar-refractivity contribution is 0.0786. The first-order valence-electron chi connectivity index (χ1n) is 5.69. The van der Waals surface area contributed by atoms with Crippen molar-refractivity contribution in [2.75, 3.05) is 13.7 Å². The Morgan fingerprint density at radius 2 is 2.53 bits per heavy atom. The molecular formula is C12H19NOS. The van der Waals surface area contributed by atoms with Crippen LogP contribution in [0.15, 0.2) is 17.5 Å². The highest BCUT2D eigenvalue weighted by Crippen LogP contribution is 2.36. The molecule has 1 fully saturated rings. The monoisotopic (exact) mass is 225 g/mol. The molecule has 0 radical (unpaired) electrons. The van der Waals surface area contributed by atoms with Crippen molar-refractivity contribution in [1.29, 1.82) is 0 Å². The van der Waals surface area contributed by atoms with E-state index < -0.39 is 0 Å². The van der Waals surface area contributed by atoms with E-state index in [0.29, 0.717) is 18.1 Å². The number of thiophene rings is 1. The molecule has 15 heavy (non-hydrogen) atoms. The van der Waals surface area contributed by atoms with Crippen LogP contribution in [0.5, 0.6) is 0 Å². The van der Waals surface area contributed by atoms with Crippen LogP contribution in [0.1, 0.15) is 30.7 Å². The van der Waals surface area contributed by atoms with Crippen LogP contribution < -0.4 is 5.32 Å². The van der Waals surface area contributed by atoms with Crippen molar-refractivity contribution in [3.05, 3.63) is 22.4 Å². The molecular weight excluding hydrogens is 206 g/mol. The van der Waals surface area contributed by atoms with E-state index in [1.54, 1.807) is 0 Å². The summed E-state index contributed by atoms with van der Waals surface area (Å²) in [7, 11) is 2.05. The van der Waals surface area contributed by atoms with Gasteiger partial charge in [0.1, 0.15) is 0 Å². The molecule has 0 spiro atoms. The third kappa shape index (κ3) is 2.25. The topological polar surface area (TPSA) is 21.3 Å². The Balaban J connectivity index is 2.12. The molecule has 1 aromatic rings. The molecule has 1 aliphatic rings. The number of hydrogen-bond donors (Lipinski definition) is 1. The average molecular weight is 225 g/mol. The maximum atomic E-state index is 5.76. The number of ether oxygens (including phenoxy) is 1. The third-order valence-electron chi connectivity index (χ3n) is 3.25. The Kier molecular flexibility index (Phi) is 3.78. The normalized spacial score (nSPS) is 28.1. The Labute approximate surface area is 95.6 Å². The lowest BCUT2D eigenvalue weighted by atomic mass is 9.90. The molecule has 1 N–H and O–H groups in total. The summed E-state index contributed by atoms with van der Waals surface area (Å²) < 4.78 is 5.76. The fourth-order valence-corrected chi connectivity index (χ4v) is 3.41. The highest BCUT2D eigenvalue weighted by atomic mass is 32.1. The molecule has 3 unspecified atom stereocenters. The van der Waals surface area contributed by atoms with E-state index in [0.717, 1.165) is 13.0 Å². The molecule has 1 aliphatic heterocycles. The maximum Gasteiger partial charge on any atom is 0.0620 e. The molecule has 1 aromatic heterocycles. The van der Waals surface area contributed by atoms with E-state index in [4.69, 9.17) is 4.74 Å². The lowest BCUT2D eigenvalue weighted by Crippen LogP contribution is -2.29. The van der Waals surface area contributed by atoms with Gasteiger partial charge in [-0.3, -0.25) is 0 Å². The highest BCUT2D eigenvalue weighted by Gasteiger charge is 2.33. The van der Waals surface area contributed by atoms with Crippen LogP contribution in [0.4, 0.5) is 0 Å². The zero-order valence-corrected chi connectivity index (χ0v) is 10.2. The van der Waals surface area contributed by atoms with E-state index in [2.05, 4.69) is 36.8 Å². The molecule has 2 nitrogen and oxygen atoms in total. The van der Waals surface area contributed by atoms with Crippen LogP contribution in [0.3, 0.4) is 0 Å². The van der Waals surface area contributed by atoms with Gasteiger partial charge < -0.3 is 10.1 Å². The second kappa shape index (κ2) is 5.10. The summed E-state index contributed by atoms with van der Waals surface area (Å²) in [6.45, 7) is 3.14. The number of rotatable bonds is 4. The molecule has 0 aliphatic carbocycles. The van der Waals surface area contributed by atoms with Crippen LogP contribution in [0, 0.1) is 5.92 Å². The van der Waals surface area contributed by atoms with Crippen molar-refractivity contribution in [1.82, 2.24) is 5.32 Å². The predicted molar refractivity (Wildman–Crippen MR) is 64.3 cm³/mol. The third-order valence-corrected chi connectivity index (χ3v) is 4.21. The standard InChI is InChI=1S/C12H19NOS/c1-3-10-9(6-7-14-10)12(13-2)11-5-4-8-15-11/h4-5,8-10,12-13H,3,6-7H2,1-2H3. The van der Waals surface area contributed by atoms with Crippen LogP contribution in [-0.2, 0) is 4.74 Å². The van der Waals surface area contributed by atoms with Gasteiger partial charge in [-0.05, 0) is 31.3 Å². The molecule has 3 heteroatoms. The molecule has 0 bridgehead atoms. The van der Waals surface area contributed by atoms with Crippen LogP contribution in [0.25, 0.3) is 0 Å². The van der Waals surface area contributed by atoms with Gasteiger partial charge in [-0.25, -0.2) is 0 Å². The maximum absolute atomic E-state index is 5.76. The molecule has 0 amide bonds. The zero-order valence-electron chi connectivity index (χ0n) is 9.40. The summed E-state index contributed by atoms with van der Waals surface area (Å²) in [5.41, 5.74) is 0. The fourth-order valence-electron chi connectivity index (χ4n) is 2.50.